The molecule has 0 aliphatic heterocycles. The molecule has 176 valence electrons. The number of benzene rings is 2. The summed E-state index contributed by atoms with van der Waals surface area (Å²) in [6, 6.07) is 14.7. The lowest BCUT2D eigenvalue weighted by molar-refractivity contribution is -0.346. The zero-order valence-corrected chi connectivity index (χ0v) is 19.5. The Morgan fingerprint density at radius 1 is 0.906 bits per heavy atom. The molecule has 7 heteroatoms. The van der Waals surface area contributed by atoms with E-state index in [0.29, 0.717) is 25.4 Å². The van der Waals surface area contributed by atoms with Crippen LogP contribution in [0.1, 0.15) is 58.6 Å². The van der Waals surface area contributed by atoms with Gasteiger partial charge in [-0.15, -0.1) is 0 Å². The van der Waals surface area contributed by atoms with Crippen molar-refractivity contribution in [2.75, 3.05) is 13.2 Å². The van der Waals surface area contributed by atoms with Gasteiger partial charge >= 0.3 is 5.97 Å². The van der Waals surface area contributed by atoms with Crippen molar-refractivity contribution in [3.8, 4) is 11.5 Å². The Morgan fingerprint density at radius 2 is 1.44 bits per heavy atom. The highest BCUT2D eigenvalue weighted by Crippen LogP contribution is 2.38. The van der Waals surface area contributed by atoms with Gasteiger partial charge in [-0.2, -0.15) is 4.89 Å². The Morgan fingerprint density at radius 3 is 2.00 bits per heavy atom. The average Bonchev–Trinajstić information content (AvgIpc) is 2.77. The average molecular weight is 447 g/mol. The molecule has 0 spiro atoms. The Bertz CT molecular complexity index is 819. The molecule has 0 bridgehead atoms. The fourth-order valence-electron chi connectivity index (χ4n) is 3.42. The standard InChI is InChI=1S/C25H34O7/c1-6-28-18(3)30-23-14-10-21(11-15-23)25(5,20-8-12-22(26)13-9-20)17-16-24(27)32-31-19(4)29-7-2/h8-15,18-19,26H,6-7,16-17H2,1-5H3. The van der Waals surface area contributed by atoms with E-state index >= 15 is 0 Å². The zero-order valence-electron chi connectivity index (χ0n) is 19.5. The van der Waals surface area contributed by atoms with Crippen molar-refractivity contribution < 1.29 is 33.9 Å². The third-order valence-electron chi connectivity index (χ3n) is 5.21. The molecule has 3 atom stereocenters. The van der Waals surface area contributed by atoms with Crippen LogP contribution in [0.2, 0.25) is 0 Å². The van der Waals surface area contributed by atoms with Crippen molar-refractivity contribution in [3.05, 3.63) is 59.7 Å². The van der Waals surface area contributed by atoms with E-state index in [0.717, 1.165) is 11.1 Å². The molecule has 0 amide bonds. The first-order valence-corrected chi connectivity index (χ1v) is 10.9. The first-order valence-electron chi connectivity index (χ1n) is 10.9. The van der Waals surface area contributed by atoms with Crippen LogP contribution in [0.25, 0.3) is 0 Å². The highest BCUT2D eigenvalue weighted by molar-refractivity contribution is 5.69. The van der Waals surface area contributed by atoms with Crippen LogP contribution in [0, 0.1) is 0 Å². The van der Waals surface area contributed by atoms with Gasteiger partial charge in [0.15, 0.2) is 12.6 Å². The largest absolute Gasteiger partial charge is 0.508 e. The van der Waals surface area contributed by atoms with Gasteiger partial charge in [0.2, 0.25) is 0 Å². The number of phenolic OH excluding ortho intramolecular Hbond substituents is 1. The third kappa shape index (κ3) is 7.51. The molecule has 0 aliphatic carbocycles. The number of ether oxygens (including phenoxy) is 3. The maximum atomic E-state index is 12.3. The molecule has 0 aliphatic rings. The minimum absolute atomic E-state index is 0.135. The number of phenols is 1. The fourth-order valence-corrected chi connectivity index (χ4v) is 3.42. The van der Waals surface area contributed by atoms with Gasteiger partial charge in [0, 0.05) is 25.0 Å². The Balaban J connectivity index is 2.17. The van der Waals surface area contributed by atoms with E-state index in [4.69, 9.17) is 24.0 Å². The van der Waals surface area contributed by atoms with Gasteiger partial charge < -0.3 is 19.3 Å². The maximum Gasteiger partial charge on any atom is 0.342 e. The molecule has 0 saturated carbocycles. The second-order valence-corrected chi connectivity index (χ2v) is 7.62. The lowest BCUT2D eigenvalue weighted by atomic mass is 9.73. The number of hydrogen-bond donors (Lipinski definition) is 1. The summed E-state index contributed by atoms with van der Waals surface area (Å²) >= 11 is 0. The molecule has 2 rings (SSSR count). The number of aromatic hydroxyl groups is 1. The van der Waals surface area contributed by atoms with Crippen LogP contribution >= 0.6 is 0 Å². The van der Waals surface area contributed by atoms with Crippen LogP contribution in [0.3, 0.4) is 0 Å². The summed E-state index contributed by atoms with van der Waals surface area (Å²) in [5.41, 5.74) is 1.45. The summed E-state index contributed by atoms with van der Waals surface area (Å²) in [4.78, 5) is 22.1. The van der Waals surface area contributed by atoms with Crippen LogP contribution in [0.4, 0.5) is 0 Å². The SMILES string of the molecule is CCOC(C)OOC(=O)CCC(C)(c1ccc(O)cc1)c1ccc(OC(C)OCC)cc1. The van der Waals surface area contributed by atoms with Crippen LogP contribution < -0.4 is 4.74 Å². The van der Waals surface area contributed by atoms with Crippen LogP contribution in [-0.2, 0) is 29.5 Å². The molecule has 7 nitrogen and oxygen atoms in total. The first-order chi connectivity index (χ1) is 15.3. The Hall–Kier alpha value is -2.61. The van der Waals surface area contributed by atoms with Gasteiger partial charge in [-0.3, -0.25) is 4.89 Å². The number of carbonyl (C=O) groups excluding carboxylic acids is 1. The van der Waals surface area contributed by atoms with E-state index < -0.39 is 17.7 Å². The third-order valence-corrected chi connectivity index (χ3v) is 5.21. The van der Waals surface area contributed by atoms with E-state index in [1.165, 1.54) is 0 Å². The molecular weight excluding hydrogens is 412 g/mol. The van der Waals surface area contributed by atoms with Gasteiger partial charge in [0.1, 0.15) is 11.5 Å². The topological polar surface area (TPSA) is 83.5 Å². The molecule has 0 fully saturated rings. The molecule has 1 N–H and O–H groups in total. The molecule has 2 aromatic rings. The van der Waals surface area contributed by atoms with Crippen molar-refractivity contribution in [1.82, 2.24) is 0 Å². The summed E-state index contributed by atoms with van der Waals surface area (Å²) in [6.45, 7) is 10.3. The summed E-state index contributed by atoms with van der Waals surface area (Å²) in [7, 11) is 0. The molecule has 0 radical (unpaired) electrons. The van der Waals surface area contributed by atoms with Crippen molar-refractivity contribution in [2.24, 2.45) is 0 Å². The zero-order chi connectivity index (χ0) is 23.6. The summed E-state index contributed by atoms with van der Waals surface area (Å²) in [6.07, 6.45) is -0.365. The number of carbonyl (C=O) groups is 1. The van der Waals surface area contributed by atoms with Gasteiger partial charge in [0.05, 0.1) is 0 Å². The predicted molar refractivity (Wildman–Crippen MR) is 120 cm³/mol. The molecular formula is C25H34O7. The molecule has 0 heterocycles. The lowest BCUT2D eigenvalue weighted by Crippen LogP contribution is -2.26. The van der Waals surface area contributed by atoms with Crippen molar-refractivity contribution >= 4 is 5.97 Å². The van der Waals surface area contributed by atoms with Crippen LogP contribution in [0.5, 0.6) is 11.5 Å². The van der Waals surface area contributed by atoms with E-state index in [9.17, 15) is 9.90 Å². The summed E-state index contributed by atoms with van der Waals surface area (Å²) in [5.74, 6) is 0.398. The highest BCUT2D eigenvalue weighted by atomic mass is 17.2. The van der Waals surface area contributed by atoms with Crippen molar-refractivity contribution in [3.63, 3.8) is 0 Å². The molecule has 32 heavy (non-hydrogen) atoms. The lowest BCUT2D eigenvalue weighted by Gasteiger charge is -2.31. The van der Waals surface area contributed by atoms with E-state index in [1.54, 1.807) is 19.1 Å². The minimum atomic E-state index is -0.626. The number of hydrogen-bond acceptors (Lipinski definition) is 7. The van der Waals surface area contributed by atoms with E-state index in [1.807, 2.05) is 57.2 Å². The monoisotopic (exact) mass is 446 g/mol. The predicted octanol–water partition coefficient (Wildman–Crippen LogP) is 5.10. The van der Waals surface area contributed by atoms with Crippen LogP contribution in [-0.4, -0.2) is 36.9 Å². The fraction of sp³-hybridized carbons (Fsp3) is 0.480. The Labute approximate surface area is 190 Å². The van der Waals surface area contributed by atoms with Gasteiger partial charge in [-0.05, 0) is 69.5 Å². The number of rotatable bonds is 13. The maximum absolute atomic E-state index is 12.3. The normalized spacial score (nSPS) is 14.9. The second kappa shape index (κ2) is 12.4. The Kier molecular flexibility index (Phi) is 9.97. The van der Waals surface area contributed by atoms with Crippen molar-refractivity contribution in [2.45, 2.75) is 65.5 Å². The van der Waals surface area contributed by atoms with Gasteiger partial charge in [-0.25, -0.2) is 4.79 Å². The summed E-state index contributed by atoms with van der Waals surface area (Å²) in [5, 5.41) is 9.71. The van der Waals surface area contributed by atoms with Crippen LogP contribution in [0.15, 0.2) is 48.5 Å². The first kappa shape index (κ1) is 25.6. The highest BCUT2D eigenvalue weighted by Gasteiger charge is 2.30. The molecule has 0 aromatic heterocycles. The second-order valence-electron chi connectivity index (χ2n) is 7.62. The van der Waals surface area contributed by atoms with Gasteiger partial charge in [0.25, 0.3) is 0 Å². The quantitative estimate of drug-likeness (QED) is 0.260. The van der Waals surface area contributed by atoms with E-state index in [2.05, 4.69) is 6.92 Å². The summed E-state index contributed by atoms with van der Waals surface area (Å²) < 4.78 is 16.4. The molecule has 3 unspecified atom stereocenters. The molecule has 0 saturated heterocycles. The smallest absolute Gasteiger partial charge is 0.342 e. The van der Waals surface area contributed by atoms with E-state index in [-0.39, 0.29) is 18.5 Å². The molecule has 2 aromatic carbocycles. The van der Waals surface area contributed by atoms with Gasteiger partial charge in [-0.1, -0.05) is 31.2 Å². The minimum Gasteiger partial charge on any atom is -0.508 e. The van der Waals surface area contributed by atoms with Crippen molar-refractivity contribution in [1.29, 1.82) is 0 Å².